The second-order valence-corrected chi connectivity index (χ2v) is 4.49. The van der Waals surface area contributed by atoms with Crippen LogP contribution in [-0.4, -0.2) is 27.6 Å². The molecule has 2 rings (SSSR count). The van der Waals surface area contributed by atoms with Crippen LogP contribution >= 0.6 is 0 Å². The standard InChI is InChI=1S/C16H14N2O5/c1-2-23-15-6-4-3-5-11(15)7-8-14-13(16(19)20)9-12(10-17-14)18(21)22/h3-10H,2H2,1H3,(H,19,20). The van der Waals surface area contributed by atoms with E-state index >= 15 is 0 Å². The van der Waals surface area contributed by atoms with Crippen LogP contribution in [0.5, 0.6) is 5.75 Å². The van der Waals surface area contributed by atoms with Crippen molar-refractivity contribution in [3.05, 3.63) is 63.5 Å². The van der Waals surface area contributed by atoms with Crippen molar-refractivity contribution in [2.75, 3.05) is 6.61 Å². The van der Waals surface area contributed by atoms with Gasteiger partial charge in [-0.3, -0.25) is 10.1 Å². The van der Waals surface area contributed by atoms with Crippen molar-refractivity contribution < 1.29 is 19.6 Å². The molecule has 0 aliphatic heterocycles. The number of benzene rings is 1. The highest BCUT2D eigenvalue weighted by Gasteiger charge is 2.16. The van der Waals surface area contributed by atoms with Crippen LogP contribution in [-0.2, 0) is 0 Å². The number of nitro groups is 1. The highest BCUT2D eigenvalue weighted by atomic mass is 16.6. The van der Waals surface area contributed by atoms with Gasteiger partial charge in [-0.1, -0.05) is 18.2 Å². The largest absolute Gasteiger partial charge is 0.493 e. The van der Waals surface area contributed by atoms with Crippen LogP contribution in [0.15, 0.2) is 36.5 Å². The monoisotopic (exact) mass is 314 g/mol. The van der Waals surface area contributed by atoms with Crippen LogP contribution in [0.2, 0.25) is 0 Å². The summed E-state index contributed by atoms with van der Waals surface area (Å²) < 4.78 is 5.48. The Bertz CT molecular complexity index is 771. The van der Waals surface area contributed by atoms with E-state index in [2.05, 4.69) is 4.98 Å². The van der Waals surface area contributed by atoms with Crippen LogP contribution in [0.1, 0.15) is 28.5 Å². The fraction of sp³-hybridized carbons (Fsp3) is 0.125. The number of pyridine rings is 1. The molecule has 1 aromatic carbocycles. The number of ether oxygens (including phenoxy) is 1. The molecule has 0 saturated carbocycles. The van der Waals surface area contributed by atoms with Crippen LogP contribution in [0, 0.1) is 10.1 Å². The van der Waals surface area contributed by atoms with Crippen molar-refractivity contribution in [3.8, 4) is 5.75 Å². The number of aromatic carboxylic acids is 1. The maximum atomic E-state index is 11.3. The van der Waals surface area contributed by atoms with E-state index in [-0.39, 0.29) is 16.9 Å². The first kappa shape index (κ1) is 16.2. The molecule has 2 aromatic rings. The summed E-state index contributed by atoms with van der Waals surface area (Å²) in [4.78, 5) is 25.2. The van der Waals surface area contributed by atoms with Gasteiger partial charge in [-0.15, -0.1) is 0 Å². The summed E-state index contributed by atoms with van der Waals surface area (Å²) >= 11 is 0. The molecule has 23 heavy (non-hydrogen) atoms. The minimum absolute atomic E-state index is 0.134. The number of carboxylic acids is 1. The van der Waals surface area contributed by atoms with Crippen molar-refractivity contribution in [2.45, 2.75) is 6.92 Å². The molecule has 1 heterocycles. The number of rotatable bonds is 6. The molecule has 7 nitrogen and oxygen atoms in total. The molecule has 1 N–H and O–H groups in total. The van der Waals surface area contributed by atoms with E-state index < -0.39 is 10.9 Å². The molecule has 1 aromatic heterocycles. The minimum Gasteiger partial charge on any atom is -0.493 e. The normalized spacial score (nSPS) is 10.7. The highest BCUT2D eigenvalue weighted by Crippen LogP contribution is 2.22. The smallest absolute Gasteiger partial charge is 0.338 e. The third-order valence-corrected chi connectivity index (χ3v) is 2.98. The molecule has 0 atom stereocenters. The van der Waals surface area contributed by atoms with E-state index in [1.165, 1.54) is 6.08 Å². The number of hydrogen-bond donors (Lipinski definition) is 1. The van der Waals surface area contributed by atoms with Gasteiger partial charge in [-0.2, -0.15) is 0 Å². The Hall–Kier alpha value is -3.22. The Morgan fingerprint density at radius 2 is 2.13 bits per heavy atom. The molecule has 0 aliphatic rings. The predicted octanol–water partition coefficient (Wildman–Crippen LogP) is 3.26. The van der Waals surface area contributed by atoms with Crippen LogP contribution in [0.25, 0.3) is 12.2 Å². The van der Waals surface area contributed by atoms with Crippen molar-refractivity contribution in [1.29, 1.82) is 0 Å². The molecule has 0 fully saturated rings. The first-order valence-electron chi connectivity index (χ1n) is 6.80. The zero-order valence-electron chi connectivity index (χ0n) is 12.3. The average molecular weight is 314 g/mol. The zero-order valence-corrected chi connectivity index (χ0v) is 12.3. The van der Waals surface area contributed by atoms with Crippen LogP contribution in [0.4, 0.5) is 5.69 Å². The van der Waals surface area contributed by atoms with Crippen molar-refractivity contribution in [2.24, 2.45) is 0 Å². The molecule has 0 radical (unpaired) electrons. The molecule has 7 heteroatoms. The van der Waals surface area contributed by atoms with Crippen LogP contribution in [0.3, 0.4) is 0 Å². The summed E-state index contributed by atoms with van der Waals surface area (Å²) in [5, 5.41) is 19.9. The Balaban J connectivity index is 2.40. The lowest BCUT2D eigenvalue weighted by Crippen LogP contribution is -2.03. The number of nitrogens with zero attached hydrogens (tertiary/aromatic N) is 2. The Morgan fingerprint density at radius 3 is 2.78 bits per heavy atom. The van der Waals surface area contributed by atoms with Gasteiger partial charge in [0.25, 0.3) is 5.69 Å². The predicted molar refractivity (Wildman–Crippen MR) is 84.4 cm³/mol. The fourth-order valence-corrected chi connectivity index (χ4v) is 1.94. The molecule has 0 saturated heterocycles. The summed E-state index contributed by atoms with van der Waals surface area (Å²) in [7, 11) is 0. The van der Waals surface area contributed by atoms with E-state index in [0.29, 0.717) is 12.4 Å². The van der Waals surface area contributed by atoms with E-state index in [9.17, 15) is 20.0 Å². The van der Waals surface area contributed by atoms with E-state index in [1.54, 1.807) is 12.1 Å². The molecular formula is C16H14N2O5. The average Bonchev–Trinajstić information content (AvgIpc) is 2.54. The second-order valence-electron chi connectivity index (χ2n) is 4.49. The number of carbonyl (C=O) groups is 1. The van der Waals surface area contributed by atoms with Crippen molar-refractivity contribution >= 4 is 23.8 Å². The number of aromatic nitrogens is 1. The summed E-state index contributed by atoms with van der Waals surface area (Å²) in [6, 6.07) is 8.25. The first-order valence-corrected chi connectivity index (χ1v) is 6.80. The van der Waals surface area contributed by atoms with Gasteiger partial charge in [-0.05, 0) is 25.1 Å². The highest BCUT2D eigenvalue weighted by molar-refractivity contribution is 5.93. The van der Waals surface area contributed by atoms with Crippen molar-refractivity contribution in [1.82, 2.24) is 4.98 Å². The lowest BCUT2D eigenvalue weighted by atomic mass is 10.1. The maximum Gasteiger partial charge on any atom is 0.338 e. The lowest BCUT2D eigenvalue weighted by molar-refractivity contribution is -0.385. The van der Waals surface area contributed by atoms with Crippen molar-refractivity contribution in [3.63, 3.8) is 0 Å². The molecule has 118 valence electrons. The lowest BCUT2D eigenvalue weighted by Gasteiger charge is -2.06. The molecular weight excluding hydrogens is 300 g/mol. The minimum atomic E-state index is -1.28. The Morgan fingerprint density at radius 1 is 1.39 bits per heavy atom. The van der Waals surface area contributed by atoms with Gasteiger partial charge in [0, 0.05) is 11.6 Å². The fourth-order valence-electron chi connectivity index (χ4n) is 1.94. The van der Waals surface area contributed by atoms with E-state index in [0.717, 1.165) is 17.8 Å². The van der Waals surface area contributed by atoms with E-state index in [4.69, 9.17) is 4.74 Å². The maximum absolute atomic E-state index is 11.3. The molecule has 0 spiro atoms. The van der Waals surface area contributed by atoms with Gasteiger partial charge in [-0.25, -0.2) is 9.78 Å². The Kier molecular flexibility index (Phi) is 5.03. The summed E-state index contributed by atoms with van der Waals surface area (Å²) in [6.07, 6.45) is 4.18. The summed E-state index contributed by atoms with van der Waals surface area (Å²) in [6.45, 7) is 2.36. The molecule has 0 amide bonds. The number of hydrogen-bond acceptors (Lipinski definition) is 5. The van der Waals surface area contributed by atoms with Gasteiger partial charge in [0.1, 0.15) is 11.9 Å². The Labute approximate surface area is 132 Å². The second kappa shape index (κ2) is 7.17. The zero-order chi connectivity index (χ0) is 16.8. The van der Waals surface area contributed by atoms with Gasteiger partial charge >= 0.3 is 5.97 Å². The third-order valence-electron chi connectivity index (χ3n) is 2.98. The summed E-state index contributed by atoms with van der Waals surface area (Å²) in [5.41, 5.74) is 0.291. The van der Waals surface area contributed by atoms with Gasteiger partial charge in [0.05, 0.1) is 22.8 Å². The molecule has 0 bridgehead atoms. The van der Waals surface area contributed by atoms with Gasteiger partial charge in [0.2, 0.25) is 0 Å². The van der Waals surface area contributed by atoms with Gasteiger partial charge in [0.15, 0.2) is 0 Å². The van der Waals surface area contributed by atoms with Crippen LogP contribution < -0.4 is 4.74 Å². The number of para-hydroxylation sites is 1. The topological polar surface area (TPSA) is 103 Å². The molecule has 0 aliphatic carbocycles. The third kappa shape index (κ3) is 3.91. The summed E-state index contributed by atoms with van der Waals surface area (Å²) in [5.74, 6) is -0.621. The first-order chi connectivity index (χ1) is 11.0. The SMILES string of the molecule is CCOc1ccccc1C=Cc1ncc([N+](=O)[O-])cc1C(=O)O. The van der Waals surface area contributed by atoms with Gasteiger partial charge < -0.3 is 9.84 Å². The quantitative estimate of drug-likeness (QED) is 0.648. The van der Waals surface area contributed by atoms with E-state index in [1.807, 2.05) is 25.1 Å². The molecule has 0 unspecified atom stereocenters. The number of carboxylic acid groups (broad SMARTS) is 1.